The van der Waals surface area contributed by atoms with Gasteiger partial charge in [0.15, 0.2) is 0 Å². The van der Waals surface area contributed by atoms with Gasteiger partial charge in [0.2, 0.25) is 0 Å². The van der Waals surface area contributed by atoms with Crippen LogP contribution >= 0.6 is 0 Å². The van der Waals surface area contributed by atoms with Crippen LogP contribution in [0.5, 0.6) is 0 Å². The maximum Gasteiger partial charge on any atom is 0.341 e. The number of rotatable bonds is 5. The van der Waals surface area contributed by atoms with Gasteiger partial charge in [-0.15, -0.1) is 0 Å². The molecule has 0 radical (unpaired) electrons. The number of pyridine rings is 1. The molecule has 1 aromatic rings. The Hall–Kier alpha value is -1.62. The summed E-state index contributed by atoms with van der Waals surface area (Å²) in [6, 6.07) is 3.48. The number of hydrogen-bond donors (Lipinski definition) is 1. The Kier molecular flexibility index (Phi) is 5.35. The zero-order valence-corrected chi connectivity index (χ0v) is 12.3. The van der Waals surface area contributed by atoms with Gasteiger partial charge in [0.05, 0.1) is 7.11 Å². The first-order valence-electron chi connectivity index (χ1n) is 7.24. The van der Waals surface area contributed by atoms with E-state index in [0.29, 0.717) is 17.3 Å². The fourth-order valence-corrected chi connectivity index (χ4v) is 2.57. The first kappa shape index (κ1) is 14.8. The second-order valence-electron chi connectivity index (χ2n) is 5.15. The highest BCUT2D eigenvalue weighted by molar-refractivity contribution is 5.94. The molecule has 1 aliphatic rings. The van der Waals surface area contributed by atoms with Crippen molar-refractivity contribution in [3.63, 3.8) is 0 Å². The van der Waals surface area contributed by atoms with Crippen LogP contribution in [0.4, 0.5) is 5.82 Å². The lowest BCUT2D eigenvalue weighted by molar-refractivity contribution is 0.0601. The monoisotopic (exact) mass is 277 g/mol. The summed E-state index contributed by atoms with van der Waals surface area (Å²) in [6.07, 6.45) is 4.08. The average molecular weight is 277 g/mol. The maximum absolute atomic E-state index is 11.7. The second kappa shape index (κ2) is 7.24. The van der Waals surface area contributed by atoms with Gasteiger partial charge in [0, 0.05) is 12.7 Å². The number of carbonyl (C=O) groups excluding carboxylic acids is 1. The lowest BCUT2D eigenvalue weighted by Gasteiger charge is -2.31. The molecular weight excluding hydrogens is 254 g/mol. The van der Waals surface area contributed by atoms with Gasteiger partial charge in [-0.3, -0.25) is 0 Å². The summed E-state index contributed by atoms with van der Waals surface area (Å²) < 4.78 is 4.77. The summed E-state index contributed by atoms with van der Waals surface area (Å²) in [5, 5.41) is 3.30. The number of anilines is 1. The third kappa shape index (κ3) is 3.70. The molecule has 5 heteroatoms. The fraction of sp³-hybridized carbons (Fsp3) is 0.600. The molecule has 0 unspecified atom stereocenters. The number of esters is 1. The third-order valence-corrected chi connectivity index (χ3v) is 3.93. The molecule has 1 N–H and O–H groups in total. The van der Waals surface area contributed by atoms with Crippen molar-refractivity contribution in [3.05, 3.63) is 23.9 Å². The number of nitrogens with one attached hydrogen (secondary N) is 1. The van der Waals surface area contributed by atoms with Crippen molar-refractivity contribution in [2.75, 3.05) is 38.6 Å². The van der Waals surface area contributed by atoms with Crippen LogP contribution in [0.15, 0.2) is 18.3 Å². The standard InChI is InChI=1S/C15H23N3O2/c1-3-18-9-6-12(7-10-18)11-17-14-13(15(19)20-2)5-4-8-16-14/h4-5,8,12H,3,6-7,9-11H2,1-2H3,(H,16,17). The van der Waals surface area contributed by atoms with Crippen LogP contribution in [0.1, 0.15) is 30.1 Å². The molecular formula is C15H23N3O2. The van der Waals surface area contributed by atoms with Gasteiger partial charge in [0.25, 0.3) is 0 Å². The fourth-order valence-electron chi connectivity index (χ4n) is 2.57. The van der Waals surface area contributed by atoms with Crippen LogP contribution in [0.25, 0.3) is 0 Å². The molecule has 0 aliphatic carbocycles. The van der Waals surface area contributed by atoms with E-state index in [0.717, 1.165) is 26.2 Å². The van der Waals surface area contributed by atoms with Crippen molar-refractivity contribution in [3.8, 4) is 0 Å². The minimum atomic E-state index is -0.346. The predicted octanol–water partition coefficient (Wildman–Crippen LogP) is 2.01. The van der Waals surface area contributed by atoms with E-state index in [1.165, 1.54) is 20.0 Å². The van der Waals surface area contributed by atoms with E-state index in [-0.39, 0.29) is 5.97 Å². The van der Waals surface area contributed by atoms with Gasteiger partial charge in [-0.1, -0.05) is 6.92 Å². The molecule has 2 rings (SSSR count). The maximum atomic E-state index is 11.7. The van der Waals surface area contributed by atoms with Crippen LogP contribution in [0.2, 0.25) is 0 Å². The minimum Gasteiger partial charge on any atom is -0.465 e. The number of hydrogen-bond acceptors (Lipinski definition) is 5. The normalized spacial score (nSPS) is 16.9. The number of ether oxygens (including phenoxy) is 1. The summed E-state index contributed by atoms with van der Waals surface area (Å²) in [6.45, 7) is 6.52. The van der Waals surface area contributed by atoms with Gasteiger partial charge in [-0.2, -0.15) is 0 Å². The third-order valence-electron chi connectivity index (χ3n) is 3.93. The van der Waals surface area contributed by atoms with Gasteiger partial charge in [0.1, 0.15) is 11.4 Å². The Morgan fingerprint density at radius 1 is 1.50 bits per heavy atom. The van der Waals surface area contributed by atoms with Crippen LogP contribution in [0.3, 0.4) is 0 Å². The van der Waals surface area contributed by atoms with Crippen molar-refractivity contribution in [1.29, 1.82) is 0 Å². The zero-order valence-electron chi connectivity index (χ0n) is 12.3. The number of carbonyl (C=O) groups is 1. The zero-order chi connectivity index (χ0) is 14.4. The predicted molar refractivity (Wildman–Crippen MR) is 78.9 cm³/mol. The van der Waals surface area contributed by atoms with Crippen LogP contribution < -0.4 is 5.32 Å². The molecule has 110 valence electrons. The van der Waals surface area contributed by atoms with Gasteiger partial charge in [-0.05, 0) is 50.5 Å². The lowest BCUT2D eigenvalue weighted by atomic mass is 9.97. The van der Waals surface area contributed by atoms with E-state index >= 15 is 0 Å². The Balaban J connectivity index is 1.90. The van der Waals surface area contributed by atoms with E-state index in [2.05, 4.69) is 22.1 Å². The highest BCUT2D eigenvalue weighted by Gasteiger charge is 2.19. The first-order valence-corrected chi connectivity index (χ1v) is 7.24. The number of methoxy groups -OCH3 is 1. The number of aromatic nitrogens is 1. The molecule has 1 fully saturated rings. The summed E-state index contributed by atoms with van der Waals surface area (Å²) in [7, 11) is 1.39. The SMILES string of the molecule is CCN1CCC(CNc2ncccc2C(=O)OC)CC1. The lowest BCUT2D eigenvalue weighted by Crippen LogP contribution is -2.35. The van der Waals surface area contributed by atoms with E-state index in [1.54, 1.807) is 18.3 Å². The molecule has 0 spiro atoms. The topological polar surface area (TPSA) is 54.5 Å². The molecule has 1 saturated heterocycles. The van der Waals surface area contributed by atoms with Gasteiger partial charge >= 0.3 is 5.97 Å². The highest BCUT2D eigenvalue weighted by atomic mass is 16.5. The summed E-state index contributed by atoms with van der Waals surface area (Å²) in [5.41, 5.74) is 0.501. The molecule has 2 heterocycles. The number of nitrogens with zero attached hydrogens (tertiary/aromatic N) is 2. The molecule has 0 saturated carbocycles. The molecule has 1 aliphatic heterocycles. The van der Waals surface area contributed by atoms with Crippen molar-refractivity contribution in [1.82, 2.24) is 9.88 Å². The van der Waals surface area contributed by atoms with Gasteiger partial charge < -0.3 is 15.0 Å². The second-order valence-corrected chi connectivity index (χ2v) is 5.15. The smallest absolute Gasteiger partial charge is 0.341 e. The molecule has 0 amide bonds. The number of piperidine rings is 1. The highest BCUT2D eigenvalue weighted by Crippen LogP contribution is 2.19. The van der Waals surface area contributed by atoms with E-state index < -0.39 is 0 Å². The van der Waals surface area contributed by atoms with Crippen LogP contribution in [0, 0.1) is 5.92 Å². The van der Waals surface area contributed by atoms with Crippen LogP contribution in [-0.4, -0.2) is 49.1 Å². The Morgan fingerprint density at radius 2 is 2.25 bits per heavy atom. The van der Waals surface area contributed by atoms with E-state index in [4.69, 9.17) is 4.74 Å². The molecule has 0 aromatic carbocycles. The molecule has 0 bridgehead atoms. The quantitative estimate of drug-likeness (QED) is 0.834. The first-order chi connectivity index (χ1) is 9.74. The summed E-state index contributed by atoms with van der Waals surface area (Å²) in [5.74, 6) is 0.920. The molecule has 1 aromatic heterocycles. The van der Waals surface area contributed by atoms with Crippen molar-refractivity contribution in [2.45, 2.75) is 19.8 Å². The molecule has 5 nitrogen and oxygen atoms in total. The summed E-state index contributed by atoms with van der Waals surface area (Å²) in [4.78, 5) is 18.4. The Bertz CT molecular complexity index is 442. The molecule has 0 atom stereocenters. The number of likely N-dealkylation sites (tertiary alicyclic amines) is 1. The largest absolute Gasteiger partial charge is 0.465 e. The Labute approximate surface area is 120 Å². The van der Waals surface area contributed by atoms with Crippen molar-refractivity contribution < 1.29 is 9.53 Å². The van der Waals surface area contributed by atoms with Gasteiger partial charge in [-0.25, -0.2) is 9.78 Å². The van der Waals surface area contributed by atoms with Crippen molar-refractivity contribution >= 4 is 11.8 Å². The minimum absolute atomic E-state index is 0.346. The summed E-state index contributed by atoms with van der Waals surface area (Å²) >= 11 is 0. The Morgan fingerprint density at radius 3 is 2.90 bits per heavy atom. The molecule has 20 heavy (non-hydrogen) atoms. The average Bonchev–Trinajstić information content (AvgIpc) is 2.53. The van der Waals surface area contributed by atoms with Crippen molar-refractivity contribution in [2.24, 2.45) is 5.92 Å². The van der Waals surface area contributed by atoms with E-state index in [9.17, 15) is 4.79 Å². The van der Waals surface area contributed by atoms with E-state index in [1.807, 2.05) is 0 Å². The van der Waals surface area contributed by atoms with Crippen LogP contribution in [-0.2, 0) is 4.74 Å².